The smallest absolute Gasteiger partial charge is 0.423 e. The molecule has 4 rings (SSSR count). The molecule has 1 atom stereocenters. The maximum atomic E-state index is 14.1. The summed E-state index contributed by atoms with van der Waals surface area (Å²) in [5, 5.41) is 3.81. The molecule has 0 saturated carbocycles. The Morgan fingerprint density at radius 2 is 1.67 bits per heavy atom. The predicted molar refractivity (Wildman–Crippen MR) is 122 cm³/mol. The molecule has 3 aromatic rings. The summed E-state index contributed by atoms with van der Waals surface area (Å²) in [6, 6.07) is 16.4. The summed E-state index contributed by atoms with van der Waals surface area (Å²) in [5.74, 6) is -0.353. The van der Waals surface area contributed by atoms with Gasteiger partial charge in [0.2, 0.25) is 0 Å². The van der Waals surface area contributed by atoms with E-state index in [4.69, 9.17) is 32.8 Å². The first-order valence-electron chi connectivity index (χ1n) is 9.44. The quantitative estimate of drug-likeness (QED) is 0.245. The van der Waals surface area contributed by atoms with Gasteiger partial charge in [-0.2, -0.15) is 13.2 Å². The van der Waals surface area contributed by atoms with Gasteiger partial charge >= 0.3 is 12.1 Å². The number of halogens is 6. The van der Waals surface area contributed by atoms with Gasteiger partial charge in [-0.1, -0.05) is 40.5 Å². The van der Waals surface area contributed by atoms with Gasteiger partial charge in [0.15, 0.2) is 0 Å². The Labute approximate surface area is 205 Å². The standard InChI is InChI=1S/C23H13BrCl2F3NO3/c24-19-4-2-1-3-18(19)21(31)32-17-7-5-13(6-8-17)20-12-22(33-30-20,23(27,28)29)14-9-15(25)11-16(26)10-14/h1-11H,12H2. The third kappa shape index (κ3) is 4.74. The van der Waals surface area contributed by atoms with Crippen molar-refractivity contribution in [2.75, 3.05) is 0 Å². The number of carbonyl (C=O) groups is 1. The van der Waals surface area contributed by atoms with Crippen LogP contribution in [0.3, 0.4) is 0 Å². The van der Waals surface area contributed by atoms with Gasteiger partial charge in [0.25, 0.3) is 5.60 Å². The van der Waals surface area contributed by atoms with Gasteiger partial charge in [-0.15, -0.1) is 0 Å². The Balaban J connectivity index is 1.55. The molecular formula is C23H13BrCl2F3NO3. The van der Waals surface area contributed by atoms with E-state index in [2.05, 4.69) is 21.1 Å². The minimum Gasteiger partial charge on any atom is -0.423 e. The van der Waals surface area contributed by atoms with Crippen LogP contribution in [0.2, 0.25) is 10.0 Å². The lowest BCUT2D eigenvalue weighted by molar-refractivity contribution is -0.275. The van der Waals surface area contributed by atoms with Gasteiger partial charge in [0.1, 0.15) is 5.75 Å². The van der Waals surface area contributed by atoms with Crippen molar-refractivity contribution >= 4 is 50.8 Å². The maximum absolute atomic E-state index is 14.1. The summed E-state index contributed by atoms with van der Waals surface area (Å²) in [6.45, 7) is 0. The minimum absolute atomic E-state index is 0.0504. The third-order valence-corrected chi connectivity index (χ3v) is 6.13. The summed E-state index contributed by atoms with van der Waals surface area (Å²) >= 11 is 15.1. The molecule has 0 aliphatic carbocycles. The highest BCUT2D eigenvalue weighted by Crippen LogP contribution is 2.49. The lowest BCUT2D eigenvalue weighted by Crippen LogP contribution is -2.42. The number of hydrogen-bond donors (Lipinski definition) is 0. The summed E-state index contributed by atoms with van der Waals surface area (Å²) < 4.78 is 48.2. The largest absolute Gasteiger partial charge is 0.435 e. The highest BCUT2D eigenvalue weighted by atomic mass is 79.9. The molecule has 1 unspecified atom stereocenters. The average molecular weight is 559 g/mol. The Bertz CT molecular complexity index is 1230. The second-order valence-corrected chi connectivity index (χ2v) is 8.91. The lowest BCUT2D eigenvalue weighted by Gasteiger charge is -2.29. The Kier molecular flexibility index (Phi) is 6.44. The number of nitrogens with zero attached hydrogens (tertiary/aromatic N) is 1. The van der Waals surface area contributed by atoms with Crippen LogP contribution in [-0.4, -0.2) is 17.9 Å². The van der Waals surface area contributed by atoms with E-state index in [1.54, 1.807) is 24.3 Å². The number of rotatable bonds is 4. The van der Waals surface area contributed by atoms with Gasteiger partial charge in [-0.05, 0) is 76.1 Å². The van der Waals surface area contributed by atoms with Gasteiger partial charge in [-0.3, -0.25) is 0 Å². The predicted octanol–water partition coefficient (Wildman–Crippen LogP) is 7.56. The molecule has 4 nitrogen and oxygen atoms in total. The zero-order valence-electron chi connectivity index (χ0n) is 16.5. The molecule has 0 N–H and O–H groups in total. The molecule has 0 radical (unpaired) electrons. The fourth-order valence-corrected chi connectivity index (χ4v) is 4.32. The molecule has 170 valence electrons. The normalized spacial score (nSPS) is 17.9. The van der Waals surface area contributed by atoms with Gasteiger partial charge in [0, 0.05) is 26.5 Å². The topological polar surface area (TPSA) is 47.9 Å². The van der Waals surface area contributed by atoms with Crippen molar-refractivity contribution in [2.45, 2.75) is 18.2 Å². The summed E-state index contributed by atoms with van der Waals surface area (Å²) in [5.41, 5.74) is -2.17. The zero-order valence-corrected chi connectivity index (χ0v) is 19.6. The van der Waals surface area contributed by atoms with Crippen LogP contribution in [0.5, 0.6) is 5.75 Å². The number of hydrogen-bond acceptors (Lipinski definition) is 4. The third-order valence-electron chi connectivity index (χ3n) is 5.01. The number of ether oxygens (including phenoxy) is 1. The Morgan fingerprint density at radius 3 is 2.27 bits per heavy atom. The first kappa shape index (κ1) is 23.6. The first-order chi connectivity index (χ1) is 15.6. The fourth-order valence-electron chi connectivity index (χ4n) is 3.35. The van der Waals surface area contributed by atoms with E-state index in [0.717, 1.165) is 12.1 Å². The molecular weight excluding hydrogens is 546 g/mol. The van der Waals surface area contributed by atoms with Crippen LogP contribution in [-0.2, 0) is 10.4 Å². The Morgan fingerprint density at radius 1 is 1.03 bits per heavy atom. The molecule has 1 aliphatic heterocycles. The van der Waals surface area contributed by atoms with Crippen molar-refractivity contribution in [1.29, 1.82) is 0 Å². The molecule has 0 aromatic heterocycles. The van der Waals surface area contributed by atoms with E-state index in [1.807, 2.05) is 0 Å². The zero-order chi connectivity index (χ0) is 23.8. The number of benzene rings is 3. The van der Waals surface area contributed by atoms with E-state index in [9.17, 15) is 18.0 Å². The number of carbonyl (C=O) groups excluding carboxylic acids is 1. The summed E-state index contributed by atoms with van der Waals surface area (Å²) in [7, 11) is 0. The second kappa shape index (κ2) is 9.00. The number of alkyl halides is 3. The average Bonchev–Trinajstić information content (AvgIpc) is 3.21. The van der Waals surface area contributed by atoms with E-state index in [0.29, 0.717) is 15.6 Å². The van der Waals surface area contributed by atoms with Gasteiger partial charge in [-0.25, -0.2) is 4.79 Å². The van der Waals surface area contributed by atoms with E-state index < -0.39 is 24.2 Å². The molecule has 0 amide bonds. The molecule has 3 aromatic carbocycles. The second-order valence-electron chi connectivity index (χ2n) is 7.18. The number of oxime groups is 1. The highest BCUT2D eigenvalue weighted by molar-refractivity contribution is 9.10. The molecule has 1 heterocycles. The van der Waals surface area contributed by atoms with E-state index >= 15 is 0 Å². The molecule has 0 saturated heterocycles. The van der Waals surface area contributed by atoms with E-state index in [-0.39, 0.29) is 27.1 Å². The van der Waals surface area contributed by atoms with Gasteiger partial charge < -0.3 is 9.57 Å². The van der Waals surface area contributed by atoms with Crippen LogP contribution < -0.4 is 4.74 Å². The van der Waals surface area contributed by atoms with Crippen molar-refractivity contribution in [1.82, 2.24) is 0 Å². The first-order valence-corrected chi connectivity index (χ1v) is 11.0. The van der Waals surface area contributed by atoms with E-state index in [1.165, 1.54) is 30.3 Å². The molecule has 0 fully saturated rings. The van der Waals surface area contributed by atoms with Crippen molar-refractivity contribution in [3.8, 4) is 5.75 Å². The van der Waals surface area contributed by atoms with Crippen LogP contribution in [0.15, 0.2) is 76.4 Å². The van der Waals surface area contributed by atoms with Crippen molar-refractivity contribution < 1.29 is 27.5 Å². The van der Waals surface area contributed by atoms with Crippen LogP contribution in [0.4, 0.5) is 13.2 Å². The fraction of sp³-hybridized carbons (Fsp3) is 0.130. The Hall–Kier alpha value is -2.55. The van der Waals surface area contributed by atoms with Crippen molar-refractivity contribution in [3.05, 3.63) is 97.9 Å². The maximum Gasteiger partial charge on any atom is 0.435 e. The molecule has 0 spiro atoms. The lowest BCUT2D eigenvalue weighted by atomic mass is 9.86. The SMILES string of the molecule is O=C(Oc1ccc(C2=NOC(c3cc(Cl)cc(Cl)c3)(C(F)(F)F)C2)cc1)c1ccccc1Br. The number of esters is 1. The minimum atomic E-state index is -4.79. The molecule has 0 bridgehead atoms. The molecule has 33 heavy (non-hydrogen) atoms. The monoisotopic (exact) mass is 557 g/mol. The van der Waals surface area contributed by atoms with Crippen LogP contribution in [0, 0.1) is 0 Å². The van der Waals surface area contributed by atoms with Crippen molar-refractivity contribution in [2.24, 2.45) is 5.16 Å². The van der Waals surface area contributed by atoms with Crippen LogP contribution in [0.25, 0.3) is 0 Å². The van der Waals surface area contributed by atoms with Crippen LogP contribution in [0.1, 0.15) is 27.9 Å². The molecule has 1 aliphatic rings. The highest BCUT2D eigenvalue weighted by Gasteiger charge is 2.62. The summed E-state index contributed by atoms with van der Waals surface area (Å²) in [6.07, 6.45) is -5.37. The van der Waals surface area contributed by atoms with Crippen molar-refractivity contribution in [3.63, 3.8) is 0 Å². The van der Waals surface area contributed by atoms with Gasteiger partial charge in [0.05, 0.1) is 11.3 Å². The summed E-state index contributed by atoms with van der Waals surface area (Å²) in [4.78, 5) is 17.3. The van der Waals surface area contributed by atoms with Crippen LogP contribution >= 0.6 is 39.1 Å². The molecule has 10 heteroatoms.